The van der Waals surface area contributed by atoms with Crippen LogP contribution >= 0.6 is 12.4 Å². The Bertz CT molecular complexity index is 762. The van der Waals surface area contributed by atoms with E-state index in [2.05, 4.69) is 10.0 Å². The van der Waals surface area contributed by atoms with E-state index in [4.69, 9.17) is 4.74 Å². The second-order valence-corrected chi connectivity index (χ2v) is 8.94. The fraction of sp³-hybridized carbons (Fsp3) is 0.538. The maximum atomic E-state index is 12.7. The molecule has 11 heteroatoms. The molecule has 0 amide bonds. The average Bonchev–Trinajstić information content (AvgIpc) is 2.55. The summed E-state index contributed by atoms with van der Waals surface area (Å²) < 4.78 is 57.5. The molecule has 0 radical (unpaired) electrons. The van der Waals surface area contributed by atoms with Gasteiger partial charge in [0.1, 0.15) is 10.6 Å². The minimum atomic E-state index is -3.68. The van der Waals surface area contributed by atoms with Crippen LogP contribution in [0, 0.1) is 0 Å². The van der Waals surface area contributed by atoms with E-state index >= 15 is 0 Å². The van der Waals surface area contributed by atoms with Gasteiger partial charge < -0.3 is 10.1 Å². The highest BCUT2D eigenvalue weighted by Gasteiger charge is 2.29. The van der Waals surface area contributed by atoms with Gasteiger partial charge in [0, 0.05) is 32.2 Å². The molecule has 0 bridgehead atoms. The van der Waals surface area contributed by atoms with Crippen LogP contribution < -0.4 is 14.8 Å². The van der Waals surface area contributed by atoms with E-state index in [1.807, 2.05) is 0 Å². The van der Waals surface area contributed by atoms with Gasteiger partial charge in [-0.1, -0.05) is 0 Å². The van der Waals surface area contributed by atoms with Crippen LogP contribution in [0.25, 0.3) is 0 Å². The molecular weight excluding hydrogens is 378 g/mol. The van der Waals surface area contributed by atoms with Gasteiger partial charge in [-0.2, -0.15) is 4.31 Å². The predicted octanol–water partition coefficient (Wildman–Crippen LogP) is 0.472. The smallest absolute Gasteiger partial charge is 0.246 e. The zero-order valence-corrected chi connectivity index (χ0v) is 15.9. The molecule has 0 spiro atoms. The van der Waals surface area contributed by atoms with E-state index in [0.29, 0.717) is 26.2 Å². The molecule has 0 aromatic heterocycles. The Hall–Kier alpha value is -1.07. The standard InChI is InChI=1S/C13H21N3O5S2.ClH/c1-3-22(17,18)15-11-4-5-13(12(10-11)21-2)23(19,20)16-8-6-14-7-9-16;/h4-5,10,14-15H,3,6-9H2,1-2H3;1H. The minimum absolute atomic E-state index is 0. The van der Waals surface area contributed by atoms with Crippen LogP contribution in [0.1, 0.15) is 6.92 Å². The summed E-state index contributed by atoms with van der Waals surface area (Å²) >= 11 is 0. The zero-order valence-electron chi connectivity index (χ0n) is 13.5. The molecular formula is C13H22ClN3O5S2. The molecule has 24 heavy (non-hydrogen) atoms. The lowest BCUT2D eigenvalue weighted by Gasteiger charge is -2.27. The first-order chi connectivity index (χ1) is 10.8. The molecule has 1 aliphatic heterocycles. The first-order valence-corrected chi connectivity index (χ1v) is 10.3. The van der Waals surface area contributed by atoms with Gasteiger partial charge in [0.25, 0.3) is 0 Å². The number of nitrogens with zero attached hydrogens (tertiary/aromatic N) is 1. The van der Waals surface area contributed by atoms with Crippen molar-refractivity contribution in [3.8, 4) is 5.75 Å². The molecule has 0 atom stereocenters. The van der Waals surface area contributed by atoms with Crippen LogP contribution in [0.4, 0.5) is 5.69 Å². The van der Waals surface area contributed by atoms with E-state index in [-0.39, 0.29) is 34.5 Å². The summed E-state index contributed by atoms with van der Waals surface area (Å²) in [4.78, 5) is 0.0290. The summed E-state index contributed by atoms with van der Waals surface area (Å²) in [5, 5.41) is 3.09. The molecule has 1 aliphatic rings. The number of benzene rings is 1. The molecule has 8 nitrogen and oxygen atoms in total. The number of halogens is 1. The number of methoxy groups -OCH3 is 1. The van der Waals surface area contributed by atoms with Crippen molar-refractivity contribution in [3.63, 3.8) is 0 Å². The molecule has 138 valence electrons. The van der Waals surface area contributed by atoms with Crippen molar-refractivity contribution in [1.29, 1.82) is 0 Å². The Morgan fingerprint density at radius 2 is 1.83 bits per heavy atom. The van der Waals surface area contributed by atoms with Gasteiger partial charge in [-0.05, 0) is 19.1 Å². The lowest BCUT2D eigenvalue weighted by Crippen LogP contribution is -2.46. The summed E-state index contributed by atoms with van der Waals surface area (Å²) in [6.07, 6.45) is 0. The van der Waals surface area contributed by atoms with Gasteiger partial charge in [-0.15, -0.1) is 12.4 Å². The number of ether oxygens (including phenoxy) is 1. The first-order valence-electron chi connectivity index (χ1n) is 7.19. The predicted molar refractivity (Wildman–Crippen MR) is 95.0 cm³/mol. The average molecular weight is 400 g/mol. The van der Waals surface area contributed by atoms with E-state index in [0.717, 1.165) is 0 Å². The summed E-state index contributed by atoms with van der Waals surface area (Å²) in [7, 11) is -5.77. The fourth-order valence-electron chi connectivity index (χ4n) is 2.22. The second-order valence-electron chi connectivity index (χ2n) is 5.03. The minimum Gasteiger partial charge on any atom is -0.495 e. The van der Waals surface area contributed by atoms with Crippen LogP contribution in [0.15, 0.2) is 23.1 Å². The lowest BCUT2D eigenvalue weighted by atomic mass is 10.3. The van der Waals surface area contributed by atoms with Gasteiger partial charge in [-0.3, -0.25) is 4.72 Å². The number of anilines is 1. The van der Waals surface area contributed by atoms with Crippen LogP contribution in [0.5, 0.6) is 5.75 Å². The molecule has 0 unspecified atom stereocenters. The Kier molecular flexibility index (Phi) is 7.29. The van der Waals surface area contributed by atoms with Crippen molar-refractivity contribution in [2.24, 2.45) is 0 Å². The second kappa shape index (κ2) is 8.34. The number of hydrogen-bond acceptors (Lipinski definition) is 6. The van der Waals surface area contributed by atoms with Gasteiger partial charge in [0.05, 0.1) is 18.6 Å². The Balaban J connectivity index is 0.00000288. The lowest BCUT2D eigenvalue weighted by molar-refractivity contribution is 0.355. The molecule has 1 aromatic rings. The van der Waals surface area contributed by atoms with Crippen LogP contribution in [0.3, 0.4) is 0 Å². The van der Waals surface area contributed by atoms with Crippen molar-refractivity contribution in [3.05, 3.63) is 18.2 Å². The quantitative estimate of drug-likeness (QED) is 0.720. The Morgan fingerprint density at radius 3 is 2.38 bits per heavy atom. The van der Waals surface area contributed by atoms with Crippen molar-refractivity contribution in [2.45, 2.75) is 11.8 Å². The maximum absolute atomic E-state index is 12.7. The van der Waals surface area contributed by atoms with Crippen LogP contribution in [-0.2, 0) is 20.0 Å². The third kappa shape index (κ3) is 4.73. The van der Waals surface area contributed by atoms with E-state index < -0.39 is 20.0 Å². The van der Waals surface area contributed by atoms with Crippen molar-refractivity contribution < 1.29 is 21.6 Å². The third-order valence-corrected chi connectivity index (χ3v) is 6.76. The van der Waals surface area contributed by atoms with Gasteiger partial charge in [-0.25, -0.2) is 16.8 Å². The molecule has 1 saturated heterocycles. The largest absolute Gasteiger partial charge is 0.495 e. The number of rotatable bonds is 6. The highest BCUT2D eigenvalue weighted by atomic mass is 35.5. The van der Waals surface area contributed by atoms with Crippen LogP contribution in [-0.4, -0.2) is 60.2 Å². The summed E-state index contributed by atoms with van der Waals surface area (Å²) in [5.41, 5.74) is 0.267. The Labute approximate surface area is 149 Å². The number of sulfonamides is 2. The SMILES string of the molecule is CCS(=O)(=O)Nc1ccc(S(=O)(=O)N2CCNCC2)c(OC)c1.Cl. The molecule has 1 heterocycles. The normalized spacial score (nSPS) is 16.2. The molecule has 2 rings (SSSR count). The molecule has 0 aliphatic carbocycles. The summed E-state index contributed by atoms with van der Waals surface area (Å²) in [5.74, 6) is 0.0377. The van der Waals surface area contributed by atoms with E-state index in [1.54, 1.807) is 0 Å². The fourth-order valence-corrected chi connectivity index (χ4v) is 4.43. The van der Waals surface area contributed by atoms with E-state index in [1.165, 1.54) is 36.5 Å². The topological polar surface area (TPSA) is 105 Å². The highest BCUT2D eigenvalue weighted by molar-refractivity contribution is 7.92. The van der Waals surface area contributed by atoms with Crippen molar-refractivity contribution in [2.75, 3.05) is 43.8 Å². The number of nitrogens with one attached hydrogen (secondary N) is 2. The maximum Gasteiger partial charge on any atom is 0.246 e. The van der Waals surface area contributed by atoms with Crippen molar-refractivity contribution >= 4 is 38.1 Å². The molecule has 1 aromatic carbocycles. The summed E-state index contributed by atoms with van der Waals surface area (Å²) in [6.45, 7) is 3.47. The number of piperazine rings is 1. The van der Waals surface area contributed by atoms with Crippen LogP contribution in [0.2, 0.25) is 0 Å². The van der Waals surface area contributed by atoms with Gasteiger partial charge >= 0.3 is 0 Å². The van der Waals surface area contributed by atoms with Gasteiger partial charge in [0.2, 0.25) is 20.0 Å². The monoisotopic (exact) mass is 399 g/mol. The zero-order chi connectivity index (χ0) is 17.1. The molecule has 2 N–H and O–H groups in total. The summed E-state index contributed by atoms with van der Waals surface area (Å²) in [6, 6.07) is 4.16. The third-order valence-electron chi connectivity index (χ3n) is 3.51. The molecule has 0 saturated carbocycles. The molecule has 1 fully saturated rings. The number of hydrogen-bond donors (Lipinski definition) is 2. The van der Waals surface area contributed by atoms with E-state index in [9.17, 15) is 16.8 Å². The Morgan fingerprint density at radius 1 is 1.21 bits per heavy atom. The first kappa shape index (κ1) is 21.0. The van der Waals surface area contributed by atoms with Crippen molar-refractivity contribution in [1.82, 2.24) is 9.62 Å². The van der Waals surface area contributed by atoms with Gasteiger partial charge in [0.15, 0.2) is 0 Å². The highest BCUT2D eigenvalue weighted by Crippen LogP contribution is 2.30.